The molecule has 5 nitrogen and oxygen atoms in total. The quantitative estimate of drug-likeness (QED) is 0.731. The number of nitrogens with zero attached hydrogens (tertiary/aromatic N) is 1. The first-order valence-electron chi connectivity index (χ1n) is 6.11. The van der Waals surface area contributed by atoms with Gasteiger partial charge in [0.05, 0.1) is 15.5 Å². The Morgan fingerprint density at radius 2 is 2.00 bits per heavy atom. The van der Waals surface area contributed by atoms with Crippen LogP contribution in [0.25, 0.3) is 0 Å². The third-order valence-electron chi connectivity index (χ3n) is 3.05. The van der Waals surface area contributed by atoms with Crippen molar-refractivity contribution in [1.82, 2.24) is 4.31 Å². The molecule has 130 valence electrons. The Hall–Kier alpha value is -0.970. The van der Waals surface area contributed by atoms with E-state index >= 15 is 0 Å². The molecule has 1 rings (SSSR count). The lowest BCUT2D eigenvalue weighted by atomic mass is 10.2. The summed E-state index contributed by atoms with van der Waals surface area (Å²) in [4.78, 5) is 10.5. The number of sulfonamides is 1. The van der Waals surface area contributed by atoms with Crippen LogP contribution in [0.1, 0.15) is 12.0 Å². The summed E-state index contributed by atoms with van der Waals surface area (Å²) in [6.07, 6.45) is -4.94. The number of rotatable bonds is 6. The highest BCUT2D eigenvalue weighted by Crippen LogP contribution is 2.36. The van der Waals surface area contributed by atoms with E-state index in [4.69, 9.17) is 16.7 Å². The van der Waals surface area contributed by atoms with Gasteiger partial charge in [0.15, 0.2) is 0 Å². The monoisotopic (exact) mass is 391 g/mol. The summed E-state index contributed by atoms with van der Waals surface area (Å²) in [5, 5.41) is 8.42. The average molecular weight is 392 g/mol. The van der Waals surface area contributed by atoms with Gasteiger partial charge in [-0.3, -0.25) is 4.79 Å². The predicted molar refractivity (Wildman–Crippen MR) is 81.3 cm³/mol. The Labute approximate surface area is 141 Å². The van der Waals surface area contributed by atoms with Gasteiger partial charge in [0.1, 0.15) is 6.04 Å². The largest absolute Gasteiger partial charge is 0.480 e. The Morgan fingerprint density at radius 3 is 2.43 bits per heavy atom. The zero-order chi connectivity index (χ0) is 18.0. The standard InChI is InChI=1S/C12H13ClF3NO4S2/c1-17(10(4-5-22)11(18)19)23(20,21)7-2-3-9(13)8(6-7)12(14,15)16/h2-3,6,10,22H,4-5H2,1H3,(H,18,19)/t10-/m0/s1. The Morgan fingerprint density at radius 1 is 1.43 bits per heavy atom. The van der Waals surface area contributed by atoms with Gasteiger partial charge in [-0.25, -0.2) is 8.42 Å². The number of thiol groups is 1. The molecule has 23 heavy (non-hydrogen) atoms. The number of hydrogen-bond donors (Lipinski definition) is 2. The molecule has 0 amide bonds. The van der Waals surface area contributed by atoms with E-state index in [1.807, 2.05) is 0 Å². The first-order valence-corrected chi connectivity index (χ1v) is 8.56. The van der Waals surface area contributed by atoms with Crippen molar-refractivity contribution in [3.63, 3.8) is 0 Å². The van der Waals surface area contributed by atoms with E-state index in [2.05, 4.69) is 12.6 Å². The van der Waals surface area contributed by atoms with Crippen LogP contribution in [0.2, 0.25) is 5.02 Å². The lowest BCUT2D eigenvalue weighted by molar-refractivity contribution is -0.141. The lowest BCUT2D eigenvalue weighted by Crippen LogP contribution is -2.42. The van der Waals surface area contributed by atoms with Gasteiger partial charge in [-0.05, 0) is 30.4 Å². The summed E-state index contributed by atoms with van der Waals surface area (Å²) in [7, 11) is -3.46. The van der Waals surface area contributed by atoms with Crippen molar-refractivity contribution in [2.75, 3.05) is 12.8 Å². The van der Waals surface area contributed by atoms with Crippen LogP contribution in [0.15, 0.2) is 23.1 Å². The molecule has 0 heterocycles. The minimum atomic E-state index is -4.83. The molecule has 11 heteroatoms. The molecule has 0 saturated heterocycles. The molecule has 0 bridgehead atoms. The van der Waals surface area contributed by atoms with Crippen molar-refractivity contribution in [1.29, 1.82) is 0 Å². The van der Waals surface area contributed by atoms with E-state index in [-0.39, 0.29) is 12.2 Å². The normalized spacial score (nSPS) is 14.0. The van der Waals surface area contributed by atoms with Gasteiger partial charge in [-0.15, -0.1) is 0 Å². The fourth-order valence-corrected chi connectivity index (χ4v) is 3.64. The summed E-state index contributed by atoms with van der Waals surface area (Å²) >= 11 is 9.29. The van der Waals surface area contributed by atoms with Crippen LogP contribution in [-0.2, 0) is 21.0 Å². The molecule has 0 aromatic heterocycles. The molecule has 0 unspecified atom stereocenters. The van der Waals surface area contributed by atoms with Gasteiger partial charge in [0.25, 0.3) is 0 Å². The smallest absolute Gasteiger partial charge is 0.417 e. The zero-order valence-electron chi connectivity index (χ0n) is 11.7. The van der Waals surface area contributed by atoms with Crippen LogP contribution >= 0.6 is 24.2 Å². The second-order valence-electron chi connectivity index (χ2n) is 4.53. The molecular weight excluding hydrogens is 379 g/mol. The first-order chi connectivity index (χ1) is 10.4. The van der Waals surface area contributed by atoms with E-state index in [0.717, 1.165) is 19.2 Å². The van der Waals surface area contributed by atoms with E-state index in [1.54, 1.807) is 0 Å². The number of carboxylic acids is 1. The Kier molecular flexibility index (Phi) is 6.36. The SMILES string of the molecule is CN([C@@H](CCS)C(=O)O)S(=O)(=O)c1ccc(Cl)c(C(F)(F)F)c1. The summed E-state index contributed by atoms with van der Waals surface area (Å²) in [6, 6.07) is 0.638. The highest BCUT2D eigenvalue weighted by Gasteiger charge is 2.37. The average Bonchev–Trinajstić information content (AvgIpc) is 2.42. The topological polar surface area (TPSA) is 74.7 Å². The molecule has 1 aromatic carbocycles. The van der Waals surface area contributed by atoms with Gasteiger partial charge >= 0.3 is 12.1 Å². The minimum Gasteiger partial charge on any atom is -0.480 e. The van der Waals surface area contributed by atoms with E-state index in [9.17, 15) is 26.4 Å². The van der Waals surface area contributed by atoms with Gasteiger partial charge in [-0.1, -0.05) is 11.6 Å². The summed E-state index contributed by atoms with van der Waals surface area (Å²) in [5.41, 5.74) is -1.31. The number of likely N-dealkylation sites (N-methyl/N-ethyl adjacent to an activating group) is 1. The maximum atomic E-state index is 12.8. The number of halogens is 4. The highest BCUT2D eigenvalue weighted by atomic mass is 35.5. The molecular formula is C12H13ClF3NO4S2. The van der Waals surface area contributed by atoms with Gasteiger partial charge < -0.3 is 5.11 Å². The number of carbonyl (C=O) groups is 1. The van der Waals surface area contributed by atoms with Crippen molar-refractivity contribution in [2.45, 2.75) is 23.5 Å². The van der Waals surface area contributed by atoms with Crippen LogP contribution in [0.3, 0.4) is 0 Å². The summed E-state index contributed by atoms with van der Waals surface area (Å²) in [5.74, 6) is -1.33. The molecule has 0 aliphatic carbocycles. The second kappa shape index (κ2) is 7.29. The van der Waals surface area contributed by atoms with Gasteiger partial charge in [-0.2, -0.15) is 30.1 Å². The molecule has 0 spiro atoms. The molecule has 1 N–H and O–H groups in total. The van der Waals surface area contributed by atoms with E-state index in [1.165, 1.54) is 0 Å². The number of alkyl halides is 3. The van der Waals surface area contributed by atoms with Crippen LogP contribution < -0.4 is 0 Å². The highest BCUT2D eigenvalue weighted by molar-refractivity contribution is 7.89. The van der Waals surface area contributed by atoms with Gasteiger partial charge in [0.2, 0.25) is 10.0 Å². The predicted octanol–water partition coefficient (Wildman–Crippen LogP) is 2.75. The fourth-order valence-electron chi connectivity index (χ4n) is 1.80. The Bertz CT molecular complexity index is 694. The molecule has 0 radical (unpaired) electrons. The maximum Gasteiger partial charge on any atom is 0.417 e. The summed E-state index contributed by atoms with van der Waals surface area (Å²) in [6.45, 7) is 0. The van der Waals surface area contributed by atoms with Crippen molar-refractivity contribution < 1.29 is 31.5 Å². The Balaban J connectivity index is 3.36. The van der Waals surface area contributed by atoms with Crippen molar-refractivity contribution in [3.8, 4) is 0 Å². The molecule has 0 aliphatic heterocycles. The van der Waals surface area contributed by atoms with E-state index < -0.39 is 43.7 Å². The molecule has 0 fully saturated rings. The van der Waals surface area contributed by atoms with E-state index in [0.29, 0.717) is 10.4 Å². The maximum absolute atomic E-state index is 12.8. The third-order valence-corrected chi connectivity index (χ3v) is 5.50. The van der Waals surface area contributed by atoms with Crippen LogP contribution in [-0.4, -0.2) is 42.6 Å². The zero-order valence-corrected chi connectivity index (χ0v) is 14.2. The van der Waals surface area contributed by atoms with Crippen molar-refractivity contribution in [3.05, 3.63) is 28.8 Å². The first kappa shape index (κ1) is 20.1. The van der Waals surface area contributed by atoms with Crippen LogP contribution in [0.5, 0.6) is 0 Å². The minimum absolute atomic E-state index is 0.0885. The molecule has 1 aromatic rings. The lowest BCUT2D eigenvalue weighted by Gasteiger charge is -2.24. The summed E-state index contributed by atoms with van der Waals surface area (Å²) < 4.78 is 63.7. The van der Waals surface area contributed by atoms with Gasteiger partial charge in [0, 0.05) is 7.05 Å². The number of aliphatic carboxylic acids is 1. The molecule has 0 aliphatic rings. The second-order valence-corrected chi connectivity index (χ2v) is 7.38. The molecule has 1 atom stereocenters. The van der Waals surface area contributed by atoms with Crippen molar-refractivity contribution >= 4 is 40.2 Å². The number of carboxylic acid groups (broad SMARTS) is 1. The number of benzene rings is 1. The van der Waals surface area contributed by atoms with Crippen LogP contribution in [0, 0.1) is 0 Å². The van der Waals surface area contributed by atoms with Crippen molar-refractivity contribution in [2.24, 2.45) is 0 Å². The fraction of sp³-hybridized carbons (Fsp3) is 0.417. The number of hydrogen-bond acceptors (Lipinski definition) is 4. The molecule has 0 saturated carbocycles. The third kappa shape index (κ3) is 4.52. The van der Waals surface area contributed by atoms with Crippen LogP contribution in [0.4, 0.5) is 13.2 Å².